The maximum atomic E-state index is 13.3. The molecular formula is C26H20N2O6S. The van der Waals surface area contributed by atoms with E-state index in [2.05, 4.69) is 5.32 Å². The van der Waals surface area contributed by atoms with Gasteiger partial charge in [0.1, 0.15) is 12.2 Å². The fourth-order valence-electron chi connectivity index (χ4n) is 3.47. The van der Waals surface area contributed by atoms with E-state index < -0.39 is 17.8 Å². The lowest BCUT2D eigenvalue weighted by Crippen LogP contribution is -2.54. The van der Waals surface area contributed by atoms with Crippen molar-refractivity contribution >= 4 is 46.9 Å². The van der Waals surface area contributed by atoms with Crippen LogP contribution in [0.25, 0.3) is 6.08 Å². The van der Waals surface area contributed by atoms with E-state index in [4.69, 9.17) is 21.7 Å². The van der Waals surface area contributed by atoms with Gasteiger partial charge < -0.3 is 14.6 Å². The third-order valence-corrected chi connectivity index (χ3v) is 5.47. The molecule has 1 aliphatic rings. The van der Waals surface area contributed by atoms with E-state index in [1.807, 2.05) is 30.3 Å². The van der Waals surface area contributed by atoms with Crippen LogP contribution in [0.3, 0.4) is 0 Å². The van der Waals surface area contributed by atoms with Gasteiger partial charge in [-0.15, -0.1) is 0 Å². The highest BCUT2D eigenvalue weighted by Gasteiger charge is 2.34. The molecule has 4 rings (SSSR count). The molecule has 1 heterocycles. The highest BCUT2D eigenvalue weighted by atomic mass is 32.1. The average Bonchev–Trinajstić information content (AvgIpc) is 2.86. The van der Waals surface area contributed by atoms with Crippen LogP contribution in [0, 0.1) is 0 Å². The van der Waals surface area contributed by atoms with Crippen molar-refractivity contribution in [1.82, 2.24) is 5.32 Å². The van der Waals surface area contributed by atoms with Gasteiger partial charge in [-0.2, -0.15) is 0 Å². The number of aromatic carboxylic acids is 1. The second-order valence-electron chi connectivity index (χ2n) is 7.50. The minimum absolute atomic E-state index is 0.0177. The zero-order chi connectivity index (χ0) is 24.9. The molecule has 0 atom stereocenters. The molecule has 0 bridgehead atoms. The molecule has 8 nitrogen and oxygen atoms in total. The summed E-state index contributed by atoms with van der Waals surface area (Å²) in [5.41, 5.74) is 1.54. The summed E-state index contributed by atoms with van der Waals surface area (Å²) in [7, 11) is 1.52. The number of carbonyl (C=O) groups is 3. The van der Waals surface area contributed by atoms with Crippen molar-refractivity contribution in [3.63, 3.8) is 0 Å². The number of thiocarbonyl (C=S) groups is 1. The first-order chi connectivity index (χ1) is 16.9. The van der Waals surface area contributed by atoms with Gasteiger partial charge in [-0.05, 0) is 59.8 Å². The maximum Gasteiger partial charge on any atom is 0.335 e. The van der Waals surface area contributed by atoms with E-state index >= 15 is 0 Å². The Hall–Kier alpha value is -4.50. The molecule has 176 valence electrons. The molecule has 1 fully saturated rings. The van der Waals surface area contributed by atoms with Crippen LogP contribution in [0.15, 0.2) is 78.4 Å². The summed E-state index contributed by atoms with van der Waals surface area (Å²) in [4.78, 5) is 38.3. The number of rotatable bonds is 7. The predicted octanol–water partition coefficient (Wildman–Crippen LogP) is 3.80. The zero-order valence-electron chi connectivity index (χ0n) is 18.6. The second kappa shape index (κ2) is 10.2. The van der Waals surface area contributed by atoms with Gasteiger partial charge in [-0.1, -0.05) is 42.5 Å². The lowest BCUT2D eigenvalue weighted by Gasteiger charge is -2.29. The molecule has 3 aromatic rings. The quantitative estimate of drug-likeness (QED) is 0.296. The van der Waals surface area contributed by atoms with Crippen LogP contribution in [-0.2, 0) is 16.2 Å². The summed E-state index contributed by atoms with van der Waals surface area (Å²) in [5.74, 6) is -1.55. The average molecular weight is 489 g/mol. The number of amides is 2. The van der Waals surface area contributed by atoms with Crippen molar-refractivity contribution in [3.8, 4) is 11.5 Å². The lowest BCUT2D eigenvalue weighted by molar-refractivity contribution is -0.122. The first kappa shape index (κ1) is 23.7. The Bertz CT molecular complexity index is 1350. The van der Waals surface area contributed by atoms with Crippen molar-refractivity contribution in [1.29, 1.82) is 0 Å². The molecule has 2 N–H and O–H groups in total. The fraction of sp³-hybridized carbons (Fsp3) is 0.0769. The number of hydrogen-bond acceptors (Lipinski definition) is 6. The smallest absolute Gasteiger partial charge is 0.335 e. The van der Waals surface area contributed by atoms with E-state index in [1.54, 1.807) is 18.2 Å². The SMILES string of the molecule is COc1ccc(C=C2C(=O)NC(=S)N(c3cccc(C(=O)O)c3)C2=O)cc1OCc1ccccc1. The van der Waals surface area contributed by atoms with E-state index in [0.717, 1.165) is 10.5 Å². The number of nitrogens with zero attached hydrogens (tertiary/aromatic N) is 1. The summed E-state index contributed by atoms with van der Waals surface area (Å²) in [5, 5.41) is 11.6. The third kappa shape index (κ3) is 5.20. The Morgan fingerprint density at radius 3 is 2.51 bits per heavy atom. The van der Waals surface area contributed by atoms with E-state index in [0.29, 0.717) is 23.7 Å². The van der Waals surface area contributed by atoms with Crippen LogP contribution in [0.4, 0.5) is 5.69 Å². The van der Waals surface area contributed by atoms with Crippen molar-refractivity contribution in [2.75, 3.05) is 12.0 Å². The van der Waals surface area contributed by atoms with Crippen molar-refractivity contribution < 1.29 is 29.0 Å². The molecule has 0 aromatic heterocycles. The Labute approximate surface area is 206 Å². The molecular weight excluding hydrogens is 468 g/mol. The number of hydrogen-bond donors (Lipinski definition) is 2. The molecule has 0 spiro atoms. The number of carboxylic acids is 1. The van der Waals surface area contributed by atoms with E-state index in [9.17, 15) is 19.5 Å². The van der Waals surface area contributed by atoms with Gasteiger partial charge in [0.05, 0.1) is 18.4 Å². The third-order valence-electron chi connectivity index (χ3n) is 5.19. The Kier molecular flexibility index (Phi) is 6.88. The number of carboxylic acid groups (broad SMARTS) is 1. The highest BCUT2D eigenvalue weighted by Crippen LogP contribution is 2.30. The monoisotopic (exact) mass is 488 g/mol. The zero-order valence-corrected chi connectivity index (χ0v) is 19.4. The molecule has 1 saturated heterocycles. The lowest BCUT2D eigenvalue weighted by atomic mass is 10.1. The minimum atomic E-state index is -1.15. The molecule has 35 heavy (non-hydrogen) atoms. The summed E-state index contributed by atoms with van der Waals surface area (Å²) in [6.45, 7) is 0.304. The summed E-state index contributed by atoms with van der Waals surface area (Å²) >= 11 is 5.19. The second-order valence-corrected chi connectivity index (χ2v) is 7.88. The van der Waals surface area contributed by atoms with Gasteiger partial charge in [0, 0.05) is 0 Å². The topological polar surface area (TPSA) is 105 Å². The molecule has 0 radical (unpaired) electrons. The van der Waals surface area contributed by atoms with Crippen LogP contribution >= 0.6 is 12.2 Å². The van der Waals surface area contributed by atoms with Gasteiger partial charge >= 0.3 is 5.97 Å². The molecule has 1 aliphatic heterocycles. The first-order valence-corrected chi connectivity index (χ1v) is 10.9. The van der Waals surface area contributed by atoms with Gasteiger partial charge in [0.25, 0.3) is 11.8 Å². The largest absolute Gasteiger partial charge is 0.493 e. The van der Waals surface area contributed by atoms with Crippen LogP contribution < -0.4 is 19.7 Å². The summed E-state index contributed by atoms with van der Waals surface area (Å²) in [6, 6.07) is 20.4. The van der Waals surface area contributed by atoms with Crippen molar-refractivity contribution in [3.05, 3.63) is 95.1 Å². The number of benzene rings is 3. The molecule has 3 aromatic carbocycles. The molecule has 2 amide bonds. The van der Waals surface area contributed by atoms with E-state index in [-0.39, 0.29) is 21.9 Å². The fourth-order valence-corrected chi connectivity index (χ4v) is 3.75. The molecule has 0 unspecified atom stereocenters. The van der Waals surface area contributed by atoms with E-state index in [1.165, 1.54) is 37.5 Å². The number of ether oxygens (including phenoxy) is 2. The standard InChI is InChI=1S/C26H20N2O6S/c1-33-21-11-10-17(13-22(21)34-15-16-6-3-2-4-7-16)12-20-23(29)27-26(35)28(24(20)30)19-9-5-8-18(14-19)25(31)32/h2-14H,15H2,1H3,(H,31,32)(H,27,29,35). The van der Waals surface area contributed by atoms with Gasteiger partial charge in [-0.3, -0.25) is 19.8 Å². The van der Waals surface area contributed by atoms with Crippen LogP contribution in [0.5, 0.6) is 11.5 Å². The summed E-state index contributed by atoms with van der Waals surface area (Å²) < 4.78 is 11.3. The summed E-state index contributed by atoms with van der Waals surface area (Å²) in [6.07, 6.45) is 1.42. The van der Waals surface area contributed by atoms with Crippen LogP contribution in [0.1, 0.15) is 21.5 Å². The minimum Gasteiger partial charge on any atom is -0.493 e. The number of anilines is 1. The molecule has 0 aliphatic carbocycles. The van der Waals surface area contributed by atoms with Gasteiger partial charge in [-0.25, -0.2) is 4.79 Å². The Morgan fingerprint density at radius 1 is 1.03 bits per heavy atom. The van der Waals surface area contributed by atoms with Crippen LogP contribution in [0.2, 0.25) is 0 Å². The predicted molar refractivity (Wildman–Crippen MR) is 133 cm³/mol. The number of methoxy groups -OCH3 is 1. The van der Waals surface area contributed by atoms with Crippen molar-refractivity contribution in [2.45, 2.75) is 6.61 Å². The first-order valence-electron chi connectivity index (χ1n) is 10.5. The maximum absolute atomic E-state index is 13.3. The Morgan fingerprint density at radius 2 is 1.80 bits per heavy atom. The molecule has 0 saturated carbocycles. The van der Waals surface area contributed by atoms with Gasteiger partial charge in [0.2, 0.25) is 0 Å². The van der Waals surface area contributed by atoms with Gasteiger partial charge in [0.15, 0.2) is 16.6 Å². The van der Waals surface area contributed by atoms with Crippen molar-refractivity contribution in [2.24, 2.45) is 0 Å². The normalized spacial score (nSPS) is 14.6. The highest BCUT2D eigenvalue weighted by molar-refractivity contribution is 7.80. The van der Waals surface area contributed by atoms with Crippen LogP contribution in [-0.4, -0.2) is 35.1 Å². The Balaban J connectivity index is 1.65. The molecule has 9 heteroatoms. The number of carbonyl (C=O) groups excluding carboxylic acids is 2. The number of nitrogens with one attached hydrogen (secondary N) is 1.